The van der Waals surface area contributed by atoms with Crippen molar-refractivity contribution in [3.63, 3.8) is 0 Å². The Bertz CT molecular complexity index is 271. The number of rotatable bonds is 4. The highest BCUT2D eigenvalue weighted by Crippen LogP contribution is 2.13. The molecular weight excluding hydrogens is 230 g/mol. The van der Waals surface area contributed by atoms with E-state index in [1.807, 2.05) is 4.90 Å². The average molecular weight is 257 g/mol. The molecule has 2 amide bonds. The lowest BCUT2D eigenvalue weighted by molar-refractivity contribution is 0.0192. The molecule has 0 radical (unpaired) electrons. The minimum absolute atomic E-state index is 0.116. The summed E-state index contributed by atoms with van der Waals surface area (Å²) in [5.41, 5.74) is -0.128. The second-order valence-electron chi connectivity index (χ2n) is 5.78. The van der Waals surface area contributed by atoms with Gasteiger partial charge in [0.15, 0.2) is 0 Å². The van der Waals surface area contributed by atoms with Crippen molar-refractivity contribution < 1.29 is 9.53 Å². The van der Waals surface area contributed by atoms with Gasteiger partial charge in [0.25, 0.3) is 0 Å². The summed E-state index contributed by atoms with van der Waals surface area (Å²) in [5, 5.41) is 3.52. The third-order valence-electron chi connectivity index (χ3n) is 3.52. The van der Waals surface area contributed by atoms with Gasteiger partial charge in [0.05, 0.1) is 5.60 Å². The van der Waals surface area contributed by atoms with Gasteiger partial charge in [-0.05, 0) is 26.7 Å². The highest BCUT2D eigenvalue weighted by molar-refractivity contribution is 5.73. The summed E-state index contributed by atoms with van der Waals surface area (Å²) in [7, 11) is 5.33. The lowest BCUT2D eigenvalue weighted by atomic mass is 10.0. The van der Waals surface area contributed by atoms with Crippen molar-refractivity contribution in [1.29, 1.82) is 0 Å². The van der Waals surface area contributed by atoms with E-state index in [2.05, 4.69) is 19.2 Å². The van der Waals surface area contributed by atoms with E-state index in [1.165, 1.54) is 0 Å². The lowest BCUT2D eigenvalue weighted by Crippen LogP contribution is -2.50. The zero-order valence-electron chi connectivity index (χ0n) is 12.3. The first-order chi connectivity index (χ1) is 8.35. The minimum atomic E-state index is -0.128. The van der Waals surface area contributed by atoms with Crippen molar-refractivity contribution >= 4 is 6.03 Å². The molecule has 0 aromatic rings. The van der Waals surface area contributed by atoms with Crippen LogP contribution < -0.4 is 5.32 Å². The largest absolute Gasteiger partial charge is 0.377 e. The topological polar surface area (TPSA) is 44.8 Å². The third-order valence-corrected chi connectivity index (χ3v) is 3.52. The molecule has 0 aromatic carbocycles. The van der Waals surface area contributed by atoms with Crippen LogP contribution in [-0.2, 0) is 4.74 Å². The first kappa shape index (κ1) is 15.2. The predicted octanol–water partition coefficient (Wildman–Crippen LogP) is 1.15. The number of urea groups is 1. The zero-order chi connectivity index (χ0) is 13.8. The maximum Gasteiger partial charge on any atom is 0.319 e. The Morgan fingerprint density at radius 2 is 1.94 bits per heavy atom. The summed E-state index contributed by atoms with van der Waals surface area (Å²) >= 11 is 0. The van der Waals surface area contributed by atoms with E-state index in [-0.39, 0.29) is 11.6 Å². The Morgan fingerprint density at radius 3 is 2.39 bits per heavy atom. The Hall–Kier alpha value is -0.810. The highest BCUT2D eigenvalue weighted by atomic mass is 16.5. The molecule has 106 valence electrons. The highest BCUT2D eigenvalue weighted by Gasteiger charge is 2.25. The van der Waals surface area contributed by atoms with Crippen molar-refractivity contribution in [1.82, 2.24) is 15.1 Å². The van der Waals surface area contributed by atoms with Crippen LogP contribution in [0.25, 0.3) is 0 Å². The minimum Gasteiger partial charge on any atom is -0.377 e. The van der Waals surface area contributed by atoms with E-state index < -0.39 is 0 Å². The second kappa shape index (κ2) is 6.38. The normalized spacial score (nSPS) is 17.9. The Labute approximate surface area is 110 Å². The quantitative estimate of drug-likeness (QED) is 0.821. The van der Waals surface area contributed by atoms with Crippen LogP contribution in [0.3, 0.4) is 0 Å². The van der Waals surface area contributed by atoms with Crippen LogP contribution in [0.2, 0.25) is 0 Å². The van der Waals surface area contributed by atoms with Crippen molar-refractivity contribution in [3.05, 3.63) is 0 Å². The van der Waals surface area contributed by atoms with Gasteiger partial charge in [0, 0.05) is 46.9 Å². The van der Waals surface area contributed by atoms with E-state index in [0.29, 0.717) is 6.04 Å². The summed E-state index contributed by atoms with van der Waals surface area (Å²) in [6.07, 6.45) is 2.03. The summed E-state index contributed by atoms with van der Waals surface area (Å²) in [6, 6.07) is 0.608. The summed E-state index contributed by atoms with van der Waals surface area (Å²) in [5.74, 6) is 0. The monoisotopic (exact) mass is 257 g/mol. The second-order valence-corrected chi connectivity index (χ2v) is 5.78. The molecule has 1 fully saturated rings. The number of hydrogen-bond donors (Lipinski definition) is 1. The molecule has 1 aliphatic rings. The number of amides is 2. The maximum atomic E-state index is 11.8. The zero-order valence-corrected chi connectivity index (χ0v) is 12.3. The van der Waals surface area contributed by atoms with E-state index >= 15 is 0 Å². The van der Waals surface area contributed by atoms with E-state index in [4.69, 9.17) is 4.74 Å². The standard InChI is InChI=1S/C13H27N3O2/c1-13(2,18-5)10-14-11-6-8-16(9-7-11)12(17)15(3)4/h11,14H,6-10H2,1-5H3. The van der Waals surface area contributed by atoms with Crippen LogP contribution in [-0.4, -0.2) is 68.3 Å². The van der Waals surface area contributed by atoms with Gasteiger partial charge >= 0.3 is 6.03 Å². The summed E-state index contributed by atoms with van der Waals surface area (Å²) < 4.78 is 5.39. The van der Waals surface area contributed by atoms with Gasteiger partial charge in [0.1, 0.15) is 0 Å². The molecule has 1 saturated heterocycles. The fraction of sp³-hybridized carbons (Fsp3) is 0.923. The number of ether oxygens (including phenoxy) is 1. The van der Waals surface area contributed by atoms with Gasteiger partial charge in [-0.1, -0.05) is 0 Å². The maximum absolute atomic E-state index is 11.8. The van der Waals surface area contributed by atoms with E-state index in [9.17, 15) is 4.79 Å². The lowest BCUT2D eigenvalue weighted by Gasteiger charge is -2.35. The van der Waals surface area contributed by atoms with Crippen LogP contribution in [0.5, 0.6) is 0 Å². The molecule has 0 bridgehead atoms. The van der Waals surface area contributed by atoms with E-state index in [0.717, 1.165) is 32.5 Å². The number of carbonyl (C=O) groups excluding carboxylic acids is 1. The van der Waals surface area contributed by atoms with Gasteiger partial charge in [-0.3, -0.25) is 0 Å². The van der Waals surface area contributed by atoms with Gasteiger partial charge in [-0.15, -0.1) is 0 Å². The smallest absolute Gasteiger partial charge is 0.319 e. The van der Waals surface area contributed by atoms with Crippen molar-refractivity contribution in [2.45, 2.75) is 38.3 Å². The van der Waals surface area contributed by atoms with Crippen LogP contribution in [0.15, 0.2) is 0 Å². The Morgan fingerprint density at radius 1 is 1.39 bits per heavy atom. The molecular formula is C13H27N3O2. The fourth-order valence-corrected chi connectivity index (χ4v) is 2.02. The Balaban J connectivity index is 2.30. The number of methoxy groups -OCH3 is 1. The number of hydrogen-bond acceptors (Lipinski definition) is 3. The molecule has 0 aliphatic carbocycles. The molecule has 1 aliphatic heterocycles. The molecule has 0 saturated carbocycles. The summed E-state index contributed by atoms with van der Waals surface area (Å²) in [6.45, 7) is 6.66. The molecule has 1 heterocycles. The first-order valence-electron chi connectivity index (χ1n) is 6.60. The molecule has 1 N–H and O–H groups in total. The molecule has 18 heavy (non-hydrogen) atoms. The third kappa shape index (κ3) is 4.46. The molecule has 5 nitrogen and oxygen atoms in total. The molecule has 0 spiro atoms. The number of carbonyl (C=O) groups is 1. The molecule has 0 aromatic heterocycles. The van der Waals surface area contributed by atoms with E-state index in [1.54, 1.807) is 26.1 Å². The number of nitrogens with one attached hydrogen (secondary N) is 1. The van der Waals surface area contributed by atoms with Crippen LogP contribution in [0.4, 0.5) is 4.79 Å². The number of likely N-dealkylation sites (tertiary alicyclic amines) is 1. The van der Waals surface area contributed by atoms with Crippen LogP contribution in [0.1, 0.15) is 26.7 Å². The van der Waals surface area contributed by atoms with Gasteiger partial charge in [0.2, 0.25) is 0 Å². The predicted molar refractivity (Wildman–Crippen MR) is 72.8 cm³/mol. The van der Waals surface area contributed by atoms with Crippen molar-refractivity contribution in [3.8, 4) is 0 Å². The average Bonchev–Trinajstić information content (AvgIpc) is 2.36. The number of piperidine rings is 1. The van der Waals surface area contributed by atoms with Gasteiger partial charge in [-0.2, -0.15) is 0 Å². The van der Waals surface area contributed by atoms with Crippen LogP contribution >= 0.6 is 0 Å². The first-order valence-corrected chi connectivity index (χ1v) is 6.60. The van der Waals surface area contributed by atoms with Crippen LogP contribution in [0, 0.1) is 0 Å². The fourth-order valence-electron chi connectivity index (χ4n) is 2.02. The molecule has 0 atom stereocenters. The SMILES string of the molecule is COC(C)(C)CNC1CCN(C(=O)N(C)C)CC1. The van der Waals surface area contributed by atoms with Crippen molar-refractivity contribution in [2.75, 3.05) is 40.8 Å². The van der Waals surface area contributed by atoms with Crippen molar-refractivity contribution in [2.24, 2.45) is 0 Å². The molecule has 1 rings (SSSR count). The Kier molecular flexibility index (Phi) is 5.41. The number of nitrogens with zero attached hydrogens (tertiary/aromatic N) is 2. The van der Waals surface area contributed by atoms with Gasteiger partial charge in [-0.25, -0.2) is 4.79 Å². The molecule has 0 unspecified atom stereocenters. The summed E-state index contributed by atoms with van der Waals surface area (Å²) in [4.78, 5) is 15.3. The van der Waals surface area contributed by atoms with Gasteiger partial charge < -0.3 is 19.9 Å². The molecule has 5 heteroatoms.